The van der Waals surface area contributed by atoms with Crippen molar-refractivity contribution in [2.24, 2.45) is 0 Å². The third-order valence-corrected chi connectivity index (χ3v) is 1.56. The summed E-state index contributed by atoms with van der Waals surface area (Å²) in [5.41, 5.74) is 1.80. The van der Waals surface area contributed by atoms with Crippen LogP contribution in [0.15, 0.2) is 0 Å². The van der Waals surface area contributed by atoms with Crippen LogP contribution in [0.4, 0.5) is 18.0 Å². The first-order chi connectivity index (χ1) is 7.13. The second-order valence-electron chi connectivity index (χ2n) is 3.02. The number of halogens is 3. The lowest BCUT2D eigenvalue weighted by atomic mass is 10.3. The second-order valence-corrected chi connectivity index (χ2v) is 3.02. The van der Waals surface area contributed by atoms with Crippen molar-refractivity contribution in [1.29, 1.82) is 0 Å². The quantitative estimate of drug-likeness (QED) is 0.615. The van der Waals surface area contributed by atoms with Gasteiger partial charge in [-0.2, -0.15) is 13.2 Å². The molecular weight excluding hydrogens is 231 g/mol. The van der Waals surface area contributed by atoms with E-state index in [1.165, 1.54) is 6.92 Å². The highest BCUT2D eigenvalue weighted by Gasteiger charge is 2.29. The Balaban J connectivity index is 4.13. The normalized spacial score (nSPS) is 13.1. The van der Waals surface area contributed by atoms with E-state index in [2.05, 4.69) is 0 Å². The lowest BCUT2D eigenvalue weighted by molar-refractivity contribution is -0.146. The molecule has 0 rings (SSSR count). The minimum atomic E-state index is -4.45. The van der Waals surface area contributed by atoms with Crippen LogP contribution in [0.25, 0.3) is 0 Å². The van der Waals surface area contributed by atoms with Gasteiger partial charge in [-0.15, -0.1) is 0 Å². The van der Waals surface area contributed by atoms with Crippen molar-refractivity contribution < 1.29 is 27.9 Å². The predicted octanol–water partition coefficient (Wildman–Crippen LogP) is 0.168. The maximum absolute atomic E-state index is 11.8. The van der Waals surface area contributed by atoms with Gasteiger partial charge in [0.25, 0.3) is 5.91 Å². The van der Waals surface area contributed by atoms with Gasteiger partial charge in [0.15, 0.2) is 0 Å². The zero-order valence-electron chi connectivity index (χ0n) is 8.63. The van der Waals surface area contributed by atoms with Gasteiger partial charge >= 0.3 is 12.3 Å². The van der Waals surface area contributed by atoms with E-state index < -0.39 is 30.8 Å². The molecule has 0 heterocycles. The fourth-order valence-electron chi connectivity index (χ4n) is 0.824. The standard InChI is InChI=1S/C7H12F3N3O3/c1-4(12-6(15)16)5(14)13(2)11-3-7(8,9)10/h4,11-12H,3H2,1-2H3,(H,15,16)/t4-/m1/s1. The van der Waals surface area contributed by atoms with E-state index >= 15 is 0 Å². The molecule has 0 fully saturated rings. The number of likely N-dealkylation sites (N-methyl/N-ethyl adjacent to an activating group) is 1. The topological polar surface area (TPSA) is 81.7 Å². The second kappa shape index (κ2) is 5.54. The molecule has 2 amide bonds. The van der Waals surface area contributed by atoms with Crippen molar-refractivity contribution in [3.63, 3.8) is 0 Å². The Morgan fingerprint density at radius 1 is 1.44 bits per heavy atom. The highest BCUT2D eigenvalue weighted by Crippen LogP contribution is 2.12. The molecule has 1 atom stereocenters. The van der Waals surface area contributed by atoms with Crippen LogP contribution in [0.2, 0.25) is 0 Å². The summed E-state index contributed by atoms with van der Waals surface area (Å²) in [4.78, 5) is 21.4. The molecule has 0 aliphatic rings. The summed E-state index contributed by atoms with van der Waals surface area (Å²) in [5.74, 6) is -0.813. The van der Waals surface area contributed by atoms with Gasteiger partial charge in [0.1, 0.15) is 12.6 Å². The van der Waals surface area contributed by atoms with Crippen molar-refractivity contribution in [2.45, 2.75) is 19.1 Å². The van der Waals surface area contributed by atoms with E-state index in [1.54, 1.807) is 5.43 Å². The van der Waals surface area contributed by atoms with E-state index in [4.69, 9.17) is 5.11 Å². The molecule has 0 aromatic rings. The number of carbonyl (C=O) groups is 2. The first-order valence-corrected chi connectivity index (χ1v) is 4.21. The zero-order valence-corrected chi connectivity index (χ0v) is 8.63. The molecule has 0 unspecified atom stereocenters. The van der Waals surface area contributed by atoms with Crippen LogP contribution in [0.5, 0.6) is 0 Å². The molecule has 9 heteroatoms. The van der Waals surface area contributed by atoms with Crippen molar-refractivity contribution in [3.05, 3.63) is 0 Å². The van der Waals surface area contributed by atoms with Gasteiger partial charge < -0.3 is 10.4 Å². The number of alkyl halides is 3. The maximum atomic E-state index is 11.8. The summed E-state index contributed by atoms with van der Waals surface area (Å²) in [5, 5.41) is 10.7. The molecule has 6 nitrogen and oxygen atoms in total. The largest absolute Gasteiger partial charge is 0.465 e. The Morgan fingerprint density at radius 2 is 1.94 bits per heavy atom. The van der Waals surface area contributed by atoms with Crippen molar-refractivity contribution in [3.8, 4) is 0 Å². The molecular formula is C7H12F3N3O3. The average molecular weight is 243 g/mol. The van der Waals surface area contributed by atoms with Crippen LogP contribution in [0, 0.1) is 0 Å². The molecule has 0 radical (unpaired) electrons. The molecule has 0 aromatic heterocycles. The average Bonchev–Trinajstić information content (AvgIpc) is 2.10. The Labute approximate surface area is 89.4 Å². The van der Waals surface area contributed by atoms with E-state index in [0.717, 1.165) is 7.05 Å². The Kier molecular flexibility index (Phi) is 5.02. The smallest absolute Gasteiger partial charge is 0.405 e. The van der Waals surface area contributed by atoms with Gasteiger partial charge in [-0.05, 0) is 6.92 Å². The SMILES string of the molecule is C[C@@H](NC(=O)O)C(=O)N(C)NCC(F)(F)F. The van der Waals surface area contributed by atoms with Gasteiger partial charge in [-0.3, -0.25) is 9.80 Å². The number of hydrazine groups is 1. The number of rotatable bonds is 4. The molecule has 0 aliphatic heterocycles. The number of nitrogens with zero attached hydrogens (tertiary/aromatic N) is 1. The summed E-state index contributed by atoms with van der Waals surface area (Å²) in [6, 6.07) is -1.12. The Bertz CT molecular complexity index is 269. The first-order valence-electron chi connectivity index (χ1n) is 4.21. The molecule has 0 aromatic carbocycles. The third-order valence-electron chi connectivity index (χ3n) is 1.56. The van der Waals surface area contributed by atoms with E-state index in [9.17, 15) is 22.8 Å². The summed E-state index contributed by atoms with van der Waals surface area (Å²) < 4.78 is 35.3. The monoisotopic (exact) mass is 243 g/mol. The molecule has 0 bridgehead atoms. The number of hydrogen-bond acceptors (Lipinski definition) is 3. The first kappa shape index (κ1) is 14.5. The minimum Gasteiger partial charge on any atom is -0.465 e. The third kappa shape index (κ3) is 6.06. The lowest BCUT2D eigenvalue weighted by Gasteiger charge is -2.22. The molecule has 16 heavy (non-hydrogen) atoms. The highest BCUT2D eigenvalue weighted by molar-refractivity contribution is 5.84. The molecule has 3 N–H and O–H groups in total. The van der Waals surface area contributed by atoms with Crippen molar-refractivity contribution in [2.75, 3.05) is 13.6 Å². The minimum absolute atomic E-state index is 0.591. The van der Waals surface area contributed by atoms with Crippen LogP contribution in [0.3, 0.4) is 0 Å². The summed E-state index contributed by atoms with van der Waals surface area (Å²) in [6.45, 7) is -0.142. The summed E-state index contributed by atoms with van der Waals surface area (Å²) in [6.07, 6.45) is -5.87. The summed E-state index contributed by atoms with van der Waals surface area (Å²) in [7, 11) is 1.08. The number of nitrogens with one attached hydrogen (secondary N) is 2. The van der Waals surface area contributed by atoms with E-state index in [1.807, 2.05) is 5.32 Å². The van der Waals surface area contributed by atoms with Gasteiger partial charge in [0, 0.05) is 7.05 Å². The fraction of sp³-hybridized carbons (Fsp3) is 0.714. The Morgan fingerprint density at radius 3 is 2.31 bits per heavy atom. The van der Waals surface area contributed by atoms with Gasteiger partial charge in [-0.25, -0.2) is 10.2 Å². The molecule has 0 saturated carbocycles. The molecule has 0 aliphatic carbocycles. The molecule has 0 spiro atoms. The molecule has 0 saturated heterocycles. The van der Waals surface area contributed by atoms with Gasteiger partial charge in [0.05, 0.1) is 0 Å². The van der Waals surface area contributed by atoms with Crippen LogP contribution in [-0.4, -0.2) is 47.9 Å². The van der Waals surface area contributed by atoms with E-state index in [0.29, 0.717) is 5.01 Å². The lowest BCUT2D eigenvalue weighted by Crippen LogP contribution is -2.51. The number of carbonyl (C=O) groups excluding carboxylic acids is 1. The maximum Gasteiger partial charge on any atom is 0.405 e. The predicted molar refractivity (Wildman–Crippen MR) is 47.5 cm³/mol. The van der Waals surface area contributed by atoms with Crippen molar-refractivity contribution in [1.82, 2.24) is 15.8 Å². The van der Waals surface area contributed by atoms with Crippen LogP contribution < -0.4 is 10.7 Å². The van der Waals surface area contributed by atoms with Gasteiger partial charge in [-0.1, -0.05) is 0 Å². The highest BCUT2D eigenvalue weighted by atomic mass is 19.4. The van der Waals surface area contributed by atoms with Gasteiger partial charge in [0.2, 0.25) is 0 Å². The zero-order chi connectivity index (χ0) is 12.9. The van der Waals surface area contributed by atoms with Crippen molar-refractivity contribution >= 4 is 12.0 Å². The number of amides is 2. The summed E-state index contributed by atoms with van der Waals surface area (Å²) >= 11 is 0. The number of hydrogen-bond donors (Lipinski definition) is 3. The van der Waals surface area contributed by atoms with Crippen LogP contribution in [-0.2, 0) is 4.79 Å². The fourth-order valence-corrected chi connectivity index (χ4v) is 0.824. The Hall–Kier alpha value is -1.51. The van der Waals surface area contributed by atoms with Crippen LogP contribution in [0.1, 0.15) is 6.92 Å². The number of carboxylic acid groups (broad SMARTS) is 1. The molecule has 94 valence electrons. The van der Waals surface area contributed by atoms with E-state index in [-0.39, 0.29) is 0 Å². The van der Waals surface area contributed by atoms with Crippen LogP contribution >= 0.6 is 0 Å².